The fraction of sp³-hybridized carbons (Fsp3) is 0.314. The molecule has 0 saturated carbocycles. The molecule has 0 heterocycles. The summed E-state index contributed by atoms with van der Waals surface area (Å²) in [6.07, 6.45) is 3.10. The summed E-state index contributed by atoms with van der Waals surface area (Å²) in [7, 11) is 0. The third-order valence-electron chi connectivity index (χ3n) is 8.12. The van der Waals surface area contributed by atoms with Gasteiger partial charge in [0, 0.05) is 0 Å². The second-order valence-electron chi connectivity index (χ2n) is 12.6. The molecule has 176 valence electrons. The fourth-order valence-electron chi connectivity index (χ4n) is 6.41. The van der Waals surface area contributed by atoms with Crippen molar-refractivity contribution in [2.75, 3.05) is 0 Å². The smallest absolute Gasteiger partial charge is 0.00105 e. The Kier molecular flexibility index (Phi) is 4.91. The van der Waals surface area contributed by atoms with Gasteiger partial charge in [0.25, 0.3) is 0 Å². The number of hydrogen-bond donors (Lipinski definition) is 0. The van der Waals surface area contributed by atoms with Gasteiger partial charge in [0.1, 0.15) is 0 Å². The van der Waals surface area contributed by atoms with E-state index in [4.69, 9.17) is 0 Å². The number of fused-ring (bicyclic) bond motifs is 6. The summed E-state index contributed by atoms with van der Waals surface area (Å²) in [5.41, 5.74) is 18.1. The lowest BCUT2D eigenvalue weighted by molar-refractivity contribution is 0.591. The monoisotopic (exact) mass is 456 g/mol. The van der Waals surface area contributed by atoms with Crippen LogP contribution in [0.3, 0.4) is 0 Å². The van der Waals surface area contributed by atoms with Crippen molar-refractivity contribution >= 4 is 0 Å². The molecule has 0 bridgehead atoms. The highest BCUT2D eigenvalue weighted by atomic mass is 14.3. The van der Waals surface area contributed by atoms with Gasteiger partial charge in [-0.05, 0) is 96.9 Å². The lowest BCUT2D eigenvalue weighted by Crippen LogP contribution is -2.15. The molecule has 0 spiro atoms. The van der Waals surface area contributed by atoms with E-state index in [1.165, 1.54) is 55.6 Å². The summed E-state index contributed by atoms with van der Waals surface area (Å²) < 4.78 is 0. The molecule has 2 aliphatic rings. The molecule has 0 unspecified atom stereocenters. The van der Waals surface area contributed by atoms with Crippen LogP contribution in [-0.4, -0.2) is 0 Å². The lowest BCUT2D eigenvalue weighted by Gasteiger charge is -2.26. The predicted octanol–water partition coefficient (Wildman–Crippen LogP) is 9.01. The van der Waals surface area contributed by atoms with Crippen LogP contribution in [0, 0.1) is 0 Å². The maximum Gasteiger partial charge on any atom is -0.00105 e. The van der Waals surface area contributed by atoms with E-state index in [0.29, 0.717) is 0 Å². The summed E-state index contributed by atoms with van der Waals surface area (Å²) in [6.45, 7) is 14.1. The maximum atomic E-state index is 2.43. The van der Waals surface area contributed by atoms with Crippen LogP contribution >= 0.6 is 0 Å². The second-order valence-corrected chi connectivity index (χ2v) is 12.6. The van der Waals surface area contributed by atoms with Gasteiger partial charge in [-0.2, -0.15) is 0 Å². The average molecular weight is 457 g/mol. The predicted molar refractivity (Wildman–Crippen MR) is 150 cm³/mol. The van der Waals surface area contributed by atoms with Gasteiger partial charge >= 0.3 is 0 Å². The van der Waals surface area contributed by atoms with Crippen LogP contribution in [0.25, 0.3) is 22.3 Å². The minimum absolute atomic E-state index is 0.122. The fourth-order valence-corrected chi connectivity index (χ4v) is 6.41. The van der Waals surface area contributed by atoms with Gasteiger partial charge in [-0.3, -0.25) is 0 Å². The Labute approximate surface area is 211 Å². The molecule has 0 radical (unpaired) electrons. The van der Waals surface area contributed by atoms with Crippen molar-refractivity contribution in [3.63, 3.8) is 0 Å². The number of hydrogen-bond acceptors (Lipinski definition) is 0. The topological polar surface area (TPSA) is 0 Å². The van der Waals surface area contributed by atoms with E-state index in [1.54, 1.807) is 11.1 Å². The first-order chi connectivity index (χ1) is 16.6. The summed E-state index contributed by atoms with van der Waals surface area (Å²) in [5, 5.41) is 0. The van der Waals surface area contributed by atoms with Gasteiger partial charge in [0.05, 0.1) is 0 Å². The molecule has 0 amide bonds. The van der Waals surface area contributed by atoms with Crippen LogP contribution in [-0.2, 0) is 30.1 Å². The first kappa shape index (κ1) is 22.4. The molecule has 2 aliphatic carbocycles. The van der Waals surface area contributed by atoms with Gasteiger partial charge in [-0.1, -0.05) is 114 Å². The van der Waals surface area contributed by atoms with Crippen molar-refractivity contribution in [2.24, 2.45) is 0 Å². The Morgan fingerprint density at radius 3 is 1.31 bits per heavy atom. The highest BCUT2D eigenvalue weighted by molar-refractivity contribution is 5.83. The normalized spacial score (nSPS) is 13.9. The van der Waals surface area contributed by atoms with Crippen molar-refractivity contribution in [3.05, 3.63) is 117 Å². The summed E-state index contributed by atoms with van der Waals surface area (Å²) in [6, 6.07) is 27.7. The van der Waals surface area contributed by atoms with Crippen molar-refractivity contribution in [3.8, 4) is 22.3 Å². The quantitative estimate of drug-likeness (QED) is 0.244. The van der Waals surface area contributed by atoms with E-state index >= 15 is 0 Å². The molecule has 0 N–H and O–H groups in total. The maximum absolute atomic E-state index is 2.43. The van der Waals surface area contributed by atoms with Crippen LogP contribution in [0.1, 0.15) is 86.1 Å². The highest BCUT2D eigenvalue weighted by Gasteiger charge is 2.31. The number of rotatable bonds is 2. The Balaban J connectivity index is 1.51. The molecular formula is C35H36. The van der Waals surface area contributed by atoms with Crippen LogP contribution < -0.4 is 0 Å². The summed E-state index contributed by atoms with van der Waals surface area (Å²) >= 11 is 0. The molecular weight excluding hydrogens is 420 g/mol. The van der Waals surface area contributed by atoms with E-state index in [-0.39, 0.29) is 10.8 Å². The zero-order chi connectivity index (χ0) is 24.5. The zero-order valence-corrected chi connectivity index (χ0v) is 22.0. The Morgan fingerprint density at radius 2 is 0.914 bits per heavy atom. The van der Waals surface area contributed by atoms with Gasteiger partial charge in [0.15, 0.2) is 0 Å². The molecule has 4 aromatic rings. The van der Waals surface area contributed by atoms with Crippen molar-refractivity contribution in [1.29, 1.82) is 0 Å². The van der Waals surface area contributed by atoms with Gasteiger partial charge in [-0.15, -0.1) is 0 Å². The van der Waals surface area contributed by atoms with Crippen molar-refractivity contribution < 1.29 is 0 Å². The minimum Gasteiger partial charge on any atom is -0.0619 e. The SMILES string of the molecule is CC(C)(C)c1ccc(Cc2ccc(C(C)(C)C)c3c2Cc2ccccc2-3)c2c1-c1ccccc1C2. The van der Waals surface area contributed by atoms with Crippen LogP contribution in [0.2, 0.25) is 0 Å². The Morgan fingerprint density at radius 1 is 0.514 bits per heavy atom. The molecule has 0 aliphatic heterocycles. The van der Waals surface area contributed by atoms with E-state index in [9.17, 15) is 0 Å². The highest BCUT2D eigenvalue weighted by Crippen LogP contribution is 2.47. The van der Waals surface area contributed by atoms with Gasteiger partial charge in [0.2, 0.25) is 0 Å². The molecule has 0 fully saturated rings. The molecule has 0 heteroatoms. The van der Waals surface area contributed by atoms with E-state index in [2.05, 4.69) is 114 Å². The van der Waals surface area contributed by atoms with E-state index < -0.39 is 0 Å². The lowest BCUT2D eigenvalue weighted by atomic mass is 9.78. The summed E-state index contributed by atoms with van der Waals surface area (Å²) in [4.78, 5) is 0. The Hall–Kier alpha value is -3.12. The Bertz CT molecular complexity index is 1350. The standard InChI is InChI=1S/C35H36/c1-34(2,3)30-17-15-24(28-20-22-11-7-9-13-26(22)32(28)30)19-25-16-18-31(35(4,5)6)33-27-14-10-8-12-23(27)21-29(25)33/h7-18H,19-21H2,1-6H3. The van der Waals surface area contributed by atoms with Crippen molar-refractivity contribution in [1.82, 2.24) is 0 Å². The van der Waals surface area contributed by atoms with Crippen LogP contribution in [0.4, 0.5) is 0 Å². The molecule has 6 rings (SSSR count). The minimum atomic E-state index is 0.122. The first-order valence-electron chi connectivity index (χ1n) is 13.1. The molecule has 0 aromatic heterocycles. The molecule has 35 heavy (non-hydrogen) atoms. The molecule has 0 saturated heterocycles. The second kappa shape index (κ2) is 7.69. The van der Waals surface area contributed by atoms with Crippen LogP contribution in [0.15, 0.2) is 72.8 Å². The zero-order valence-electron chi connectivity index (χ0n) is 22.0. The molecule has 4 aromatic carbocycles. The van der Waals surface area contributed by atoms with Gasteiger partial charge < -0.3 is 0 Å². The largest absolute Gasteiger partial charge is 0.0619 e. The molecule has 0 nitrogen and oxygen atoms in total. The van der Waals surface area contributed by atoms with Crippen molar-refractivity contribution in [2.45, 2.75) is 71.6 Å². The first-order valence-corrected chi connectivity index (χ1v) is 13.1. The van der Waals surface area contributed by atoms with Gasteiger partial charge in [-0.25, -0.2) is 0 Å². The van der Waals surface area contributed by atoms with Crippen LogP contribution in [0.5, 0.6) is 0 Å². The average Bonchev–Trinajstić information content (AvgIpc) is 3.38. The summed E-state index contributed by atoms with van der Waals surface area (Å²) in [5.74, 6) is 0. The third kappa shape index (κ3) is 3.57. The number of benzene rings is 4. The van der Waals surface area contributed by atoms with E-state index in [1.807, 2.05) is 0 Å². The third-order valence-corrected chi connectivity index (χ3v) is 8.12. The van der Waals surface area contributed by atoms with E-state index in [0.717, 1.165) is 19.3 Å². The molecule has 0 atom stereocenters.